The highest BCUT2D eigenvalue weighted by Gasteiger charge is 2.33. The highest BCUT2D eigenvalue weighted by molar-refractivity contribution is 5.73. The summed E-state index contributed by atoms with van der Waals surface area (Å²) >= 11 is 0. The van der Waals surface area contributed by atoms with E-state index in [9.17, 15) is 9.59 Å². The highest BCUT2D eigenvalue weighted by atomic mass is 16.5. The van der Waals surface area contributed by atoms with E-state index >= 15 is 0 Å². The molecular weight excluding hydrogens is 560 g/mol. The lowest BCUT2D eigenvalue weighted by atomic mass is 9.74. The maximum atomic E-state index is 12.2. The normalized spacial score (nSPS) is 22.9. The first kappa shape index (κ1) is 37.9. The number of ether oxygens (including phenoxy) is 2. The Balaban J connectivity index is 0.000000373. The fraction of sp³-hybridized carbons (Fsp3) is 0.500. The Morgan fingerprint density at radius 3 is 1.59 bits per heavy atom. The molecule has 0 aromatic heterocycles. The van der Waals surface area contributed by atoms with Gasteiger partial charge in [-0.25, -0.2) is 0 Å². The van der Waals surface area contributed by atoms with Gasteiger partial charge < -0.3 is 9.47 Å². The van der Waals surface area contributed by atoms with Crippen LogP contribution >= 0.6 is 0 Å². The van der Waals surface area contributed by atoms with E-state index in [1.165, 1.54) is 24.8 Å². The summed E-state index contributed by atoms with van der Waals surface area (Å²) in [7, 11) is 0. The van der Waals surface area contributed by atoms with Crippen molar-refractivity contribution in [2.45, 2.75) is 85.9 Å². The van der Waals surface area contributed by atoms with Gasteiger partial charge in [0.1, 0.15) is 13.2 Å². The number of hydrogen-bond donors (Lipinski definition) is 0. The van der Waals surface area contributed by atoms with Crippen molar-refractivity contribution < 1.29 is 38.2 Å². The van der Waals surface area contributed by atoms with E-state index in [4.69, 9.17) is 28.7 Å². The number of carbonyl (C=O) groups is 2. The second-order valence-electron chi connectivity index (χ2n) is 11.3. The maximum Gasteiger partial charge on any atom is 0.373 e. The van der Waals surface area contributed by atoms with Crippen LogP contribution < -0.4 is 0 Å². The SMILES string of the molecule is CC=C1CC[C@H](C(=O)OCc2ccccc2)[C@@H](C)C1.CC[C@@H]1CC[C@H](C(=O)OCc2ccccc2)[C@@H](C)C1.O=C=O.O=C=O. The number of rotatable bonds is 7. The Labute approximate surface area is 261 Å². The van der Waals surface area contributed by atoms with Gasteiger partial charge in [0.15, 0.2) is 0 Å². The third-order valence-electron chi connectivity index (χ3n) is 8.36. The molecule has 0 N–H and O–H groups in total. The molecule has 0 unspecified atom stereocenters. The van der Waals surface area contributed by atoms with Crippen molar-refractivity contribution in [2.75, 3.05) is 0 Å². The summed E-state index contributed by atoms with van der Waals surface area (Å²) < 4.78 is 10.9. The molecule has 0 bridgehead atoms. The first-order valence-corrected chi connectivity index (χ1v) is 15.3. The Morgan fingerprint density at radius 1 is 0.750 bits per heavy atom. The lowest BCUT2D eigenvalue weighted by Gasteiger charge is -2.32. The predicted molar refractivity (Wildman–Crippen MR) is 163 cm³/mol. The Morgan fingerprint density at radius 2 is 1.20 bits per heavy atom. The molecule has 2 aliphatic carbocycles. The van der Waals surface area contributed by atoms with Crippen molar-refractivity contribution in [1.82, 2.24) is 0 Å². The van der Waals surface area contributed by atoms with Crippen molar-refractivity contribution in [3.05, 3.63) is 83.4 Å². The van der Waals surface area contributed by atoms with E-state index in [1.54, 1.807) is 0 Å². The standard InChI is InChI=1S/C17H24O2.C17H22O2.2CO2/c2*1-3-14-9-10-16(13(2)11-14)17(18)19-12-15-7-5-4-6-8-15;2*2-1-3/h4-8,13-14,16H,3,9-12H2,1-2H3;3-8,13,16H,9-12H2,1-2H3;;/t13-,14+,16-;13-,16-;;/m00../s1. The predicted octanol–water partition coefficient (Wildman–Crippen LogP) is 7.14. The van der Waals surface area contributed by atoms with Crippen LogP contribution in [0.2, 0.25) is 0 Å². The lowest BCUT2D eigenvalue weighted by molar-refractivity contribution is -0.193. The van der Waals surface area contributed by atoms with Gasteiger partial charge in [-0.2, -0.15) is 19.2 Å². The van der Waals surface area contributed by atoms with Crippen LogP contribution in [0.25, 0.3) is 0 Å². The van der Waals surface area contributed by atoms with Gasteiger partial charge in [-0.15, -0.1) is 0 Å². The third-order valence-corrected chi connectivity index (χ3v) is 8.36. The molecule has 2 aromatic carbocycles. The van der Waals surface area contributed by atoms with Crippen molar-refractivity contribution in [2.24, 2.45) is 29.6 Å². The first-order valence-electron chi connectivity index (χ1n) is 15.3. The van der Waals surface area contributed by atoms with Crippen LogP contribution in [-0.4, -0.2) is 24.2 Å². The zero-order valence-corrected chi connectivity index (χ0v) is 26.4. The van der Waals surface area contributed by atoms with Crippen molar-refractivity contribution >= 4 is 24.2 Å². The summed E-state index contributed by atoms with van der Waals surface area (Å²) in [6.45, 7) is 9.45. The lowest BCUT2D eigenvalue weighted by Crippen LogP contribution is -2.30. The molecule has 238 valence electrons. The smallest absolute Gasteiger partial charge is 0.373 e. The molecule has 44 heavy (non-hydrogen) atoms. The highest BCUT2D eigenvalue weighted by Crippen LogP contribution is 2.36. The summed E-state index contributed by atoms with van der Waals surface area (Å²) in [5, 5.41) is 0. The fourth-order valence-corrected chi connectivity index (χ4v) is 5.80. The number of esters is 2. The van der Waals surface area contributed by atoms with Crippen LogP contribution in [0, 0.1) is 29.6 Å². The average molecular weight is 607 g/mol. The molecule has 0 saturated heterocycles. The van der Waals surface area contributed by atoms with Gasteiger partial charge in [-0.05, 0) is 74.3 Å². The molecule has 0 aliphatic heterocycles. The zero-order valence-electron chi connectivity index (χ0n) is 26.4. The second kappa shape index (κ2) is 22.4. The Bertz CT molecular complexity index is 1180. The number of carbonyl (C=O) groups excluding carboxylic acids is 6. The minimum atomic E-state index is -0.0356. The van der Waals surface area contributed by atoms with Crippen LogP contribution in [0.3, 0.4) is 0 Å². The summed E-state index contributed by atoms with van der Waals surface area (Å²) in [5.74, 6) is 1.77. The molecule has 0 spiro atoms. The van der Waals surface area contributed by atoms with Gasteiger partial charge in [0, 0.05) is 0 Å². The van der Waals surface area contributed by atoms with Gasteiger partial charge in [-0.1, -0.05) is 99.5 Å². The van der Waals surface area contributed by atoms with E-state index in [0.717, 1.165) is 42.7 Å². The molecule has 0 amide bonds. The minimum absolute atomic E-state index is 0.00842. The van der Waals surface area contributed by atoms with Crippen molar-refractivity contribution in [3.8, 4) is 0 Å². The molecular formula is C36H46O8. The Kier molecular flexibility index (Phi) is 19.3. The van der Waals surface area contributed by atoms with Crippen LogP contribution in [0.4, 0.5) is 0 Å². The van der Waals surface area contributed by atoms with Crippen LogP contribution in [0.5, 0.6) is 0 Å². The van der Waals surface area contributed by atoms with Gasteiger partial charge in [0.05, 0.1) is 11.8 Å². The maximum absolute atomic E-state index is 12.2. The topological polar surface area (TPSA) is 121 Å². The first-order chi connectivity index (χ1) is 21.2. The summed E-state index contributed by atoms with van der Waals surface area (Å²) in [4.78, 5) is 56.8. The molecule has 2 saturated carbocycles. The molecule has 2 fully saturated rings. The van der Waals surface area contributed by atoms with Crippen LogP contribution in [0.1, 0.15) is 83.8 Å². The number of benzene rings is 2. The monoisotopic (exact) mass is 606 g/mol. The van der Waals surface area contributed by atoms with Gasteiger partial charge >= 0.3 is 24.2 Å². The van der Waals surface area contributed by atoms with Crippen molar-refractivity contribution in [3.63, 3.8) is 0 Å². The van der Waals surface area contributed by atoms with E-state index in [-0.39, 0.29) is 36.1 Å². The molecule has 0 radical (unpaired) electrons. The number of hydrogen-bond acceptors (Lipinski definition) is 8. The second-order valence-corrected chi connectivity index (χ2v) is 11.3. The van der Waals surface area contributed by atoms with Crippen LogP contribution in [-0.2, 0) is 51.5 Å². The van der Waals surface area contributed by atoms with Gasteiger partial charge in [-0.3, -0.25) is 9.59 Å². The largest absolute Gasteiger partial charge is 0.461 e. The molecule has 2 aromatic rings. The third kappa shape index (κ3) is 14.4. The zero-order chi connectivity index (χ0) is 32.7. The number of allylic oxidation sites excluding steroid dienone is 2. The summed E-state index contributed by atoms with van der Waals surface area (Å²) in [6.07, 6.45) is 10.2. The van der Waals surface area contributed by atoms with Crippen LogP contribution in [0.15, 0.2) is 72.3 Å². The van der Waals surface area contributed by atoms with E-state index in [2.05, 4.69) is 33.8 Å². The molecule has 0 heterocycles. The van der Waals surface area contributed by atoms with E-state index < -0.39 is 0 Å². The molecule has 4 rings (SSSR count). The molecule has 5 atom stereocenters. The summed E-state index contributed by atoms with van der Waals surface area (Å²) in [5.41, 5.74) is 3.58. The fourth-order valence-electron chi connectivity index (χ4n) is 5.80. The summed E-state index contributed by atoms with van der Waals surface area (Å²) in [6, 6.07) is 19.7. The van der Waals surface area contributed by atoms with Crippen molar-refractivity contribution in [1.29, 1.82) is 0 Å². The van der Waals surface area contributed by atoms with E-state index in [1.807, 2.05) is 60.7 Å². The van der Waals surface area contributed by atoms with Gasteiger partial charge in [0.2, 0.25) is 0 Å². The van der Waals surface area contributed by atoms with E-state index in [0.29, 0.717) is 25.0 Å². The quantitative estimate of drug-likeness (QED) is 0.241. The molecule has 2 aliphatic rings. The minimum Gasteiger partial charge on any atom is -0.461 e. The van der Waals surface area contributed by atoms with Gasteiger partial charge in [0.25, 0.3) is 0 Å². The molecule has 8 heteroatoms. The molecule has 8 nitrogen and oxygen atoms in total. The Hall–Kier alpha value is -4.12. The average Bonchev–Trinajstić information content (AvgIpc) is 3.04.